The van der Waals surface area contributed by atoms with Crippen LogP contribution in [0.3, 0.4) is 0 Å². The van der Waals surface area contributed by atoms with Crippen LogP contribution in [0.1, 0.15) is 11.1 Å². The van der Waals surface area contributed by atoms with E-state index in [1.54, 1.807) is 13.2 Å². The molecule has 1 saturated heterocycles. The summed E-state index contributed by atoms with van der Waals surface area (Å²) in [6.45, 7) is 2.00. The Bertz CT molecular complexity index is 780. The third-order valence-electron chi connectivity index (χ3n) is 3.60. The van der Waals surface area contributed by atoms with Crippen LogP contribution < -0.4 is 15.0 Å². The Balaban J connectivity index is 1.88. The van der Waals surface area contributed by atoms with Gasteiger partial charge in [0, 0.05) is 0 Å². The number of thiocarbonyl (C=S) groups is 1. The van der Waals surface area contributed by atoms with E-state index >= 15 is 0 Å². The quantitative estimate of drug-likeness (QED) is 0.695. The number of methoxy groups -OCH3 is 1. The van der Waals surface area contributed by atoms with E-state index in [2.05, 4.69) is 5.32 Å². The van der Waals surface area contributed by atoms with E-state index < -0.39 is 0 Å². The summed E-state index contributed by atoms with van der Waals surface area (Å²) in [5.41, 5.74) is 3.25. The zero-order valence-corrected chi connectivity index (χ0v) is 13.7. The van der Waals surface area contributed by atoms with Gasteiger partial charge in [-0.2, -0.15) is 0 Å². The normalized spacial score (nSPS) is 15.9. The number of nitrogens with one attached hydrogen (secondary N) is 1. The maximum atomic E-state index is 12.6. The zero-order valence-electron chi connectivity index (χ0n) is 12.9. The van der Waals surface area contributed by atoms with Gasteiger partial charge >= 0.3 is 0 Å². The molecule has 1 heterocycles. The molecule has 5 heteroatoms. The van der Waals surface area contributed by atoms with Crippen molar-refractivity contribution in [1.29, 1.82) is 0 Å². The second-order valence-electron chi connectivity index (χ2n) is 5.24. The first-order chi connectivity index (χ1) is 11.1. The number of nitrogens with zero attached hydrogens (tertiary/aromatic N) is 1. The summed E-state index contributed by atoms with van der Waals surface area (Å²) in [6.07, 6.45) is 1.78. The average molecular weight is 324 g/mol. The lowest BCUT2D eigenvalue weighted by Gasteiger charge is -2.13. The maximum Gasteiger partial charge on any atom is 0.281 e. The van der Waals surface area contributed by atoms with Crippen LogP contribution in [0, 0.1) is 6.92 Å². The van der Waals surface area contributed by atoms with E-state index in [-0.39, 0.29) is 5.91 Å². The number of ether oxygens (including phenoxy) is 1. The molecule has 1 aliphatic rings. The van der Waals surface area contributed by atoms with Gasteiger partial charge in [-0.15, -0.1) is 0 Å². The molecule has 1 N–H and O–H groups in total. The SMILES string of the molecule is COc1ccc(/C=C2\NC(=S)N(c3ccc(C)cc3)C2=O)cc1. The molecule has 1 aliphatic heterocycles. The van der Waals surface area contributed by atoms with Crippen molar-refractivity contribution in [2.45, 2.75) is 6.92 Å². The summed E-state index contributed by atoms with van der Waals surface area (Å²) in [7, 11) is 1.62. The Kier molecular flexibility index (Phi) is 4.12. The molecular formula is C18H16N2O2S. The number of carbonyl (C=O) groups excluding carboxylic acids is 1. The minimum atomic E-state index is -0.158. The molecule has 0 aromatic heterocycles. The number of hydrogen-bond donors (Lipinski definition) is 1. The van der Waals surface area contributed by atoms with Gasteiger partial charge in [-0.05, 0) is 55.0 Å². The first-order valence-electron chi connectivity index (χ1n) is 7.16. The molecule has 23 heavy (non-hydrogen) atoms. The smallest absolute Gasteiger partial charge is 0.281 e. The highest BCUT2D eigenvalue weighted by molar-refractivity contribution is 7.80. The van der Waals surface area contributed by atoms with Crippen molar-refractivity contribution in [2.24, 2.45) is 0 Å². The molecular weight excluding hydrogens is 308 g/mol. The summed E-state index contributed by atoms with van der Waals surface area (Å²) in [5, 5.41) is 3.37. The van der Waals surface area contributed by atoms with Crippen LogP contribution in [-0.4, -0.2) is 18.1 Å². The average Bonchev–Trinajstić information content (AvgIpc) is 2.83. The van der Waals surface area contributed by atoms with Gasteiger partial charge in [0.15, 0.2) is 5.11 Å². The molecule has 0 aliphatic carbocycles. The number of rotatable bonds is 3. The van der Waals surface area contributed by atoms with Crippen LogP contribution in [0.25, 0.3) is 6.08 Å². The maximum absolute atomic E-state index is 12.6. The molecule has 2 aromatic rings. The van der Waals surface area contributed by atoms with Crippen molar-refractivity contribution >= 4 is 35.0 Å². The lowest BCUT2D eigenvalue weighted by atomic mass is 10.1. The highest BCUT2D eigenvalue weighted by Gasteiger charge is 2.31. The molecule has 4 nitrogen and oxygen atoms in total. The molecule has 0 unspecified atom stereocenters. The summed E-state index contributed by atoms with van der Waals surface area (Å²) < 4.78 is 5.13. The fourth-order valence-electron chi connectivity index (χ4n) is 2.33. The van der Waals surface area contributed by atoms with E-state index in [0.29, 0.717) is 10.8 Å². The van der Waals surface area contributed by atoms with Gasteiger partial charge in [-0.25, -0.2) is 0 Å². The van der Waals surface area contributed by atoms with E-state index in [9.17, 15) is 4.79 Å². The van der Waals surface area contributed by atoms with Gasteiger partial charge in [0.25, 0.3) is 5.91 Å². The summed E-state index contributed by atoms with van der Waals surface area (Å²) in [4.78, 5) is 14.1. The molecule has 116 valence electrons. The first-order valence-corrected chi connectivity index (χ1v) is 7.57. The van der Waals surface area contributed by atoms with Gasteiger partial charge < -0.3 is 10.1 Å². The van der Waals surface area contributed by atoms with Crippen molar-refractivity contribution in [3.8, 4) is 5.75 Å². The highest BCUT2D eigenvalue weighted by Crippen LogP contribution is 2.23. The second kappa shape index (κ2) is 6.22. The van der Waals surface area contributed by atoms with Gasteiger partial charge in [0.1, 0.15) is 11.4 Å². The number of hydrogen-bond acceptors (Lipinski definition) is 3. The van der Waals surface area contributed by atoms with E-state index in [0.717, 1.165) is 22.6 Å². The van der Waals surface area contributed by atoms with E-state index in [1.165, 1.54) is 4.90 Å². The molecule has 0 saturated carbocycles. The van der Waals surface area contributed by atoms with Crippen LogP contribution >= 0.6 is 12.2 Å². The molecule has 1 amide bonds. The molecule has 0 radical (unpaired) electrons. The summed E-state index contributed by atoms with van der Waals surface area (Å²) in [6, 6.07) is 15.2. The fourth-order valence-corrected chi connectivity index (χ4v) is 2.63. The molecule has 0 spiro atoms. The number of anilines is 1. The van der Waals surface area contributed by atoms with Crippen LogP contribution in [-0.2, 0) is 4.79 Å². The standard InChI is InChI=1S/C18H16N2O2S/c1-12-3-7-14(8-4-12)20-17(21)16(19-18(20)23)11-13-5-9-15(22-2)10-6-13/h3-11H,1-2H3,(H,19,23)/b16-11-. The van der Waals surface area contributed by atoms with Gasteiger partial charge in [-0.3, -0.25) is 9.69 Å². The Labute approximate surface area is 140 Å². The summed E-state index contributed by atoms with van der Waals surface area (Å²) >= 11 is 5.30. The fraction of sp³-hybridized carbons (Fsp3) is 0.111. The largest absolute Gasteiger partial charge is 0.497 e. The Hall–Kier alpha value is -2.66. The van der Waals surface area contributed by atoms with E-state index in [4.69, 9.17) is 17.0 Å². The zero-order chi connectivity index (χ0) is 16.4. The molecule has 2 aromatic carbocycles. The number of amides is 1. The second-order valence-corrected chi connectivity index (χ2v) is 5.62. The topological polar surface area (TPSA) is 41.6 Å². The minimum Gasteiger partial charge on any atom is -0.497 e. The number of benzene rings is 2. The molecule has 1 fully saturated rings. The molecule has 0 atom stereocenters. The number of aryl methyl sites for hydroxylation is 1. The lowest BCUT2D eigenvalue weighted by Crippen LogP contribution is -2.30. The predicted molar refractivity (Wildman–Crippen MR) is 95.4 cm³/mol. The van der Waals surface area contributed by atoms with Gasteiger partial charge in [0.2, 0.25) is 0 Å². The van der Waals surface area contributed by atoms with Crippen molar-refractivity contribution in [1.82, 2.24) is 5.32 Å². The number of carbonyl (C=O) groups is 1. The highest BCUT2D eigenvalue weighted by atomic mass is 32.1. The summed E-state index contributed by atoms with van der Waals surface area (Å²) in [5.74, 6) is 0.615. The molecule has 0 bridgehead atoms. The van der Waals surface area contributed by atoms with Crippen molar-refractivity contribution < 1.29 is 9.53 Å². The van der Waals surface area contributed by atoms with Crippen LogP contribution in [0.2, 0.25) is 0 Å². The monoisotopic (exact) mass is 324 g/mol. The third-order valence-corrected chi connectivity index (χ3v) is 3.88. The van der Waals surface area contributed by atoms with Crippen molar-refractivity contribution in [2.75, 3.05) is 12.0 Å². The minimum absolute atomic E-state index is 0.158. The van der Waals surface area contributed by atoms with Gasteiger partial charge in [0.05, 0.1) is 12.8 Å². The lowest BCUT2D eigenvalue weighted by molar-refractivity contribution is -0.113. The Morgan fingerprint density at radius 1 is 1.09 bits per heavy atom. The van der Waals surface area contributed by atoms with E-state index in [1.807, 2.05) is 55.5 Å². The van der Waals surface area contributed by atoms with Crippen LogP contribution in [0.4, 0.5) is 5.69 Å². The molecule has 3 rings (SSSR count). The first kappa shape index (κ1) is 15.2. The predicted octanol–water partition coefficient (Wildman–Crippen LogP) is 3.27. The van der Waals surface area contributed by atoms with Crippen LogP contribution in [0.15, 0.2) is 54.2 Å². The van der Waals surface area contributed by atoms with Crippen molar-refractivity contribution in [3.63, 3.8) is 0 Å². The van der Waals surface area contributed by atoms with Gasteiger partial charge in [-0.1, -0.05) is 29.8 Å². The van der Waals surface area contributed by atoms with Crippen LogP contribution in [0.5, 0.6) is 5.75 Å². The Morgan fingerprint density at radius 3 is 2.35 bits per heavy atom. The van der Waals surface area contributed by atoms with Crippen molar-refractivity contribution in [3.05, 3.63) is 65.4 Å². The Morgan fingerprint density at radius 2 is 1.74 bits per heavy atom. The third kappa shape index (κ3) is 3.10.